The van der Waals surface area contributed by atoms with Crippen LogP contribution in [0.5, 0.6) is 0 Å². The fraction of sp³-hybridized carbons (Fsp3) is 0.538. The molecule has 0 spiro atoms. The van der Waals surface area contributed by atoms with Crippen LogP contribution in [0.25, 0.3) is 10.2 Å². The maximum Gasteiger partial charge on any atom is 0.163 e. The first-order valence-electron chi connectivity index (χ1n) is 6.19. The second kappa shape index (κ2) is 5.20. The van der Waals surface area contributed by atoms with Gasteiger partial charge in [0.25, 0.3) is 0 Å². The first-order chi connectivity index (χ1) is 8.64. The number of fused-ring (bicyclic) bond motifs is 1. The summed E-state index contributed by atoms with van der Waals surface area (Å²) in [4.78, 5) is 10.3. The van der Waals surface area contributed by atoms with Crippen LogP contribution in [0.4, 0.5) is 5.82 Å². The van der Waals surface area contributed by atoms with E-state index < -0.39 is 5.60 Å². The van der Waals surface area contributed by atoms with Gasteiger partial charge in [-0.1, -0.05) is 6.92 Å². The Balaban J connectivity index is 2.58. The summed E-state index contributed by atoms with van der Waals surface area (Å²) >= 11 is 1.63. The summed E-state index contributed by atoms with van der Waals surface area (Å²) in [6.07, 6.45) is 0.839. The van der Waals surface area contributed by atoms with Crippen molar-refractivity contribution < 1.29 is 4.74 Å². The van der Waals surface area contributed by atoms with E-state index in [2.05, 4.69) is 35.2 Å². The largest absolute Gasteiger partial charge is 0.371 e. The Hall–Kier alpha value is -1.20. The van der Waals surface area contributed by atoms with Gasteiger partial charge in [0.05, 0.1) is 5.39 Å². The monoisotopic (exact) mass is 265 g/mol. The Labute approximate surface area is 111 Å². The van der Waals surface area contributed by atoms with Crippen molar-refractivity contribution in [3.05, 3.63) is 17.3 Å². The molecular weight excluding hydrogens is 246 g/mol. The standard InChI is InChI=1S/C13H19N3OS/c1-5-13(3,17-4)12-15-10(14-6-2)9-7-8-18-11(9)16-12/h7-8H,5-6H2,1-4H3,(H,14,15,16). The van der Waals surface area contributed by atoms with E-state index in [0.717, 1.165) is 34.8 Å². The van der Waals surface area contributed by atoms with Crippen LogP contribution in [0, 0.1) is 0 Å². The van der Waals surface area contributed by atoms with Crippen molar-refractivity contribution in [2.24, 2.45) is 0 Å². The number of nitrogens with one attached hydrogen (secondary N) is 1. The van der Waals surface area contributed by atoms with Crippen LogP contribution in [0.3, 0.4) is 0 Å². The number of ether oxygens (including phenoxy) is 1. The number of nitrogens with zero attached hydrogens (tertiary/aromatic N) is 2. The van der Waals surface area contributed by atoms with Crippen molar-refractivity contribution in [2.45, 2.75) is 32.8 Å². The Kier molecular flexibility index (Phi) is 3.82. The first kappa shape index (κ1) is 13.2. The highest BCUT2D eigenvalue weighted by molar-refractivity contribution is 7.16. The van der Waals surface area contributed by atoms with Gasteiger partial charge < -0.3 is 10.1 Å². The maximum atomic E-state index is 5.58. The molecule has 1 N–H and O–H groups in total. The molecule has 2 aromatic heterocycles. The molecule has 4 nitrogen and oxygen atoms in total. The summed E-state index contributed by atoms with van der Waals surface area (Å²) in [5.41, 5.74) is -0.428. The SMILES string of the molecule is CCNc1nc(C(C)(CC)OC)nc2sccc12. The molecule has 0 saturated carbocycles. The average Bonchev–Trinajstić information content (AvgIpc) is 2.86. The normalized spacial score (nSPS) is 14.7. The zero-order valence-corrected chi connectivity index (χ0v) is 12.1. The van der Waals surface area contributed by atoms with E-state index in [9.17, 15) is 0 Å². The van der Waals surface area contributed by atoms with Gasteiger partial charge >= 0.3 is 0 Å². The van der Waals surface area contributed by atoms with Gasteiger partial charge in [-0.15, -0.1) is 11.3 Å². The number of hydrogen-bond acceptors (Lipinski definition) is 5. The Morgan fingerprint density at radius 2 is 2.17 bits per heavy atom. The fourth-order valence-electron chi connectivity index (χ4n) is 1.79. The Morgan fingerprint density at radius 1 is 1.39 bits per heavy atom. The molecule has 1 atom stereocenters. The fourth-order valence-corrected chi connectivity index (χ4v) is 2.55. The van der Waals surface area contributed by atoms with E-state index in [1.54, 1.807) is 18.4 Å². The molecule has 98 valence electrons. The van der Waals surface area contributed by atoms with Crippen molar-refractivity contribution in [1.82, 2.24) is 9.97 Å². The molecule has 0 bridgehead atoms. The molecule has 0 amide bonds. The van der Waals surface area contributed by atoms with E-state index in [-0.39, 0.29) is 0 Å². The highest BCUT2D eigenvalue weighted by atomic mass is 32.1. The van der Waals surface area contributed by atoms with Crippen LogP contribution in [0.2, 0.25) is 0 Å². The second-order valence-electron chi connectivity index (χ2n) is 4.35. The van der Waals surface area contributed by atoms with E-state index >= 15 is 0 Å². The molecule has 18 heavy (non-hydrogen) atoms. The third kappa shape index (κ3) is 2.20. The van der Waals surface area contributed by atoms with E-state index in [1.165, 1.54) is 0 Å². The van der Waals surface area contributed by atoms with Crippen LogP contribution in [-0.4, -0.2) is 23.6 Å². The van der Waals surface area contributed by atoms with Crippen LogP contribution in [0.15, 0.2) is 11.4 Å². The summed E-state index contributed by atoms with van der Waals surface area (Å²) in [6.45, 7) is 7.02. The van der Waals surface area contributed by atoms with Crippen molar-refractivity contribution >= 4 is 27.4 Å². The minimum Gasteiger partial charge on any atom is -0.371 e. The third-order valence-corrected chi connectivity index (χ3v) is 4.07. The van der Waals surface area contributed by atoms with E-state index in [4.69, 9.17) is 4.74 Å². The van der Waals surface area contributed by atoms with Crippen LogP contribution < -0.4 is 5.32 Å². The number of thiophene rings is 1. The molecule has 2 aromatic rings. The lowest BCUT2D eigenvalue weighted by molar-refractivity contribution is -0.00854. The molecule has 2 rings (SSSR count). The Morgan fingerprint density at radius 3 is 2.78 bits per heavy atom. The predicted molar refractivity (Wildman–Crippen MR) is 76.2 cm³/mol. The molecule has 0 aliphatic rings. The molecule has 0 fully saturated rings. The second-order valence-corrected chi connectivity index (χ2v) is 5.25. The highest BCUT2D eigenvalue weighted by Crippen LogP contribution is 2.31. The zero-order valence-electron chi connectivity index (χ0n) is 11.3. The maximum absolute atomic E-state index is 5.58. The highest BCUT2D eigenvalue weighted by Gasteiger charge is 2.28. The summed E-state index contributed by atoms with van der Waals surface area (Å²) in [7, 11) is 1.71. The lowest BCUT2D eigenvalue weighted by Gasteiger charge is -2.25. The van der Waals surface area contributed by atoms with E-state index in [0.29, 0.717) is 0 Å². The number of anilines is 1. The zero-order chi connectivity index (χ0) is 13.2. The van der Waals surface area contributed by atoms with Gasteiger partial charge in [-0.05, 0) is 31.7 Å². The lowest BCUT2D eigenvalue weighted by Crippen LogP contribution is -2.26. The quantitative estimate of drug-likeness (QED) is 0.900. The molecule has 5 heteroatoms. The number of rotatable bonds is 5. The van der Waals surface area contributed by atoms with Gasteiger partial charge in [-0.3, -0.25) is 0 Å². The van der Waals surface area contributed by atoms with Crippen LogP contribution >= 0.6 is 11.3 Å². The molecular formula is C13H19N3OS. The topological polar surface area (TPSA) is 47.0 Å². The predicted octanol–water partition coefficient (Wildman–Crippen LogP) is 3.39. The molecule has 0 aromatic carbocycles. The first-order valence-corrected chi connectivity index (χ1v) is 7.07. The van der Waals surface area contributed by atoms with Gasteiger partial charge in [0.15, 0.2) is 5.82 Å². The third-order valence-electron chi connectivity index (χ3n) is 3.27. The van der Waals surface area contributed by atoms with Gasteiger partial charge in [0.1, 0.15) is 16.2 Å². The lowest BCUT2D eigenvalue weighted by atomic mass is 10.0. The van der Waals surface area contributed by atoms with Gasteiger partial charge in [-0.2, -0.15) is 0 Å². The van der Waals surface area contributed by atoms with Crippen LogP contribution in [-0.2, 0) is 10.3 Å². The Bertz CT molecular complexity index is 534. The molecule has 0 radical (unpaired) electrons. The average molecular weight is 265 g/mol. The van der Waals surface area contributed by atoms with E-state index in [1.807, 2.05) is 12.3 Å². The molecule has 2 heterocycles. The van der Waals surface area contributed by atoms with Gasteiger partial charge in [-0.25, -0.2) is 9.97 Å². The minimum absolute atomic E-state index is 0.428. The number of aromatic nitrogens is 2. The van der Waals surface area contributed by atoms with Crippen LogP contribution in [0.1, 0.15) is 33.0 Å². The van der Waals surface area contributed by atoms with Crippen molar-refractivity contribution in [3.63, 3.8) is 0 Å². The van der Waals surface area contributed by atoms with Crippen molar-refractivity contribution in [2.75, 3.05) is 19.0 Å². The molecule has 0 aliphatic carbocycles. The molecule has 0 saturated heterocycles. The van der Waals surface area contributed by atoms with Crippen molar-refractivity contribution in [3.8, 4) is 0 Å². The van der Waals surface area contributed by atoms with Gasteiger partial charge in [0, 0.05) is 13.7 Å². The summed E-state index contributed by atoms with van der Waals surface area (Å²) in [5.74, 6) is 1.65. The number of hydrogen-bond donors (Lipinski definition) is 1. The number of methoxy groups -OCH3 is 1. The smallest absolute Gasteiger partial charge is 0.163 e. The summed E-state index contributed by atoms with van der Waals surface area (Å²) in [6, 6.07) is 2.05. The molecule has 1 unspecified atom stereocenters. The van der Waals surface area contributed by atoms with Gasteiger partial charge in [0.2, 0.25) is 0 Å². The molecule has 0 aliphatic heterocycles. The summed E-state index contributed by atoms with van der Waals surface area (Å²) in [5, 5.41) is 6.42. The minimum atomic E-state index is -0.428. The van der Waals surface area contributed by atoms with Crippen molar-refractivity contribution in [1.29, 1.82) is 0 Å². The summed E-state index contributed by atoms with van der Waals surface area (Å²) < 4.78 is 5.58.